The molecule has 1 aliphatic rings. The molecule has 0 fully saturated rings. The highest BCUT2D eigenvalue weighted by Crippen LogP contribution is 2.40. The van der Waals surface area contributed by atoms with E-state index in [0.29, 0.717) is 28.7 Å². The molecule has 142 valence electrons. The van der Waals surface area contributed by atoms with Crippen molar-refractivity contribution in [3.63, 3.8) is 0 Å². The Labute approximate surface area is 167 Å². The average molecular weight is 396 g/mol. The summed E-state index contributed by atoms with van der Waals surface area (Å²) < 4.78 is 19.5. The van der Waals surface area contributed by atoms with E-state index in [0.717, 1.165) is 16.7 Å². The van der Waals surface area contributed by atoms with Crippen molar-refractivity contribution in [1.29, 1.82) is 0 Å². The second-order valence-electron chi connectivity index (χ2n) is 6.70. The van der Waals surface area contributed by atoms with Crippen LogP contribution < -0.4 is 15.8 Å². The molecule has 0 radical (unpaired) electrons. The van der Waals surface area contributed by atoms with Crippen molar-refractivity contribution in [2.75, 3.05) is 13.7 Å². The number of methoxy groups -OCH3 is 1. The van der Waals surface area contributed by atoms with Crippen molar-refractivity contribution < 1.29 is 9.13 Å². The number of benzene rings is 2. The van der Waals surface area contributed by atoms with Gasteiger partial charge < -0.3 is 15.8 Å². The molecule has 1 aliphatic heterocycles. The zero-order valence-corrected chi connectivity index (χ0v) is 16.0. The van der Waals surface area contributed by atoms with Gasteiger partial charge >= 0.3 is 0 Å². The summed E-state index contributed by atoms with van der Waals surface area (Å²) in [6, 6.07) is 16.9. The molecule has 0 spiro atoms. The molecule has 0 bridgehead atoms. The van der Waals surface area contributed by atoms with Gasteiger partial charge in [-0.1, -0.05) is 35.9 Å². The van der Waals surface area contributed by atoms with Crippen molar-refractivity contribution in [1.82, 2.24) is 10.3 Å². The van der Waals surface area contributed by atoms with Gasteiger partial charge in [-0.25, -0.2) is 4.98 Å². The largest absolute Gasteiger partial charge is 0.495 e. The summed E-state index contributed by atoms with van der Waals surface area (Å²) in [5.74, 6) is 0.695. The maximum atomic E-state index is 14.2. The van der Waals surface area contributed by atoms with Crippen molar-refractivity contribution in [2.24, 2.45) is 5.73 Å². The van der Waals surface area contributed by atoms with Crippen LogP contribution in [0.2, 0.25) is 5.02 Å². The van der Waals surface area contributed by atoms with Crippen LogP contribution in [0.5, 0.6) is 5.75 Å². The fraction of sp³-hybridized carbons (Fsp3) is 0.136. The van der Waals surface area contributed by atoms with E-state index in [9.17, 15) is 4.39 Å². The molecule has 4 nitrogen and oxygen atoms in total. The topological polar surface area (TPSA) is 60.2 Å². The van der Waals surface area contributed by atoms with Gasteiger partial charge in [-0.05, 0) is 53.1 Å². The molecule has 1 atom stereocenters. The second-order valence-corrected chi connectivity index (χ2v) is 7.10. The molecule has 3 aromatic rings. The van der Waals surface area contributed by atoms with E-state index in [-0.39, 0.29) is 0 Å². The number of nitrogens with two attached hydrogens (primary N) is 1. The lowest BCUT2D eigenvalue weighted by molar-refractivity contribution is 0.414. The number of nitrogens with zero attached hydrogens (tertiary/aromatic N) is 1. The lowest BCUT2D eigenvalue weighted by Crippen LogP contribution is -2.31. The normalized spacial score (nSPS) is 18.5. The third-order valence-electron chi connectivity index (χ3n) is 5.09. The van der Waals surface area contributed by atoms with Gasteiger partial charge in [0.05, 0.1) is 23.4 Å². The summed E-state index contributed by atoms with van der Waals surface area (Å²) in [6.07, 6.45) is 3.41. The van der Waals surface area contributed by atoms with Crippen molar-refractivity contribution in [2.45, 2.75) is 5.41 Å². The van der Waals surface area contributed by atoms with Crippen LogP contribution in [0.1, 0.15) is 11.1 Å². The number of hydrogen-bond donors (Lipinski definition) is 2. The first kappa shape index (κ1) is 18.3. The third-order valence-corrected chi connectivity index (χ3v) is 5.38. The number of rotatable bonds is 4. The van der Waals surface area contributed by atoms with Crippen LogP contribution in [0.15, 0.2) is 72.7 Å². The summed E-state index contributed by atoms with van der Waals surface area (Å²) in [5, 5.41) is 3.73. The highest BCUT2D eigenvalue weighted by Gasteiger charge is 2.37. The molecule has 6 heteroatoms. The Kier molecular flexibility index (Phi) is 4.69. The lowest BCUT2D eigenvalue weighted by atomic mass is 9.75. The Morgan fingerprint density at radius 3 is 2.64 bits per heavy atom. The number of halogens is 2. The van der Waals surface area contributed by atoms with Gasteiger partial charge in [-0.2, -0.15) is 4.39 Å². The van der Waals surface area contributed by atoms with E-state index < -0.39 is 11.4 Å². The Hall–Kier alpha value is -3.05. The number of ether oxygens (including phenoxy) is 1. The predicted molar refractivity (Wildman–Crippen MR) is 109 cm³/mol. The van der Waals surface area contributed by atoms with E-state index in [1.165, 1.54) is 6.20 Å². The van der Waals surface area contributed by atoms with Crippen LogP contribution >= 0.6 is 11.6 Å². The number of hydrogen-bond acceptors (Lipinski definition) is 4. The summed E-state index contributed by atoms with van der Waals surface area (Å²) in [4.78, 5) is 3.76. The summed E-state index contributed by atoms with van der Waals surface area (Å²) in [7, 11) is 1.58. The minimum atomic E-state index is -0.533. The number of pyridine rings is 1. The van der Waals surface area contributed by atoms with Crippen molar-refractivity contribution in [3.05, 3.63) is 94.8 Å². The molecule has 4 rings (SSSR count). The molecule has 0 aliphatic carbocycles. The minimum absolute atomic E-state index is 0.454. The van der Waals surface area contributed by atoms with Gasteiger partial charge in [0, 0.05) is 18.3 Å². The first-order chi connectivity index (χ1) is 13.5. The average Bonchev–Trinajstić information content (AvgIpc) is 3.11. The molecule has 0 amide bonds. The second kappa shape index (κ2) is 7.17. The molecule has 3 N–H and O–H groups in total. The van der Waals surface area contributed by atoms with Crippen LogP contribution in [0.25, 0.3) is 11.1 Å². The van der Waals surface area contributed by atoms with Crippen LogP contribution in [-0.2, 0) is 5.41 Å². The van der Waals surface area contributed by atoms with Crippen LogP contribution in [0.3, 0.4) is 0 Å². The number of nitrogens with one attached hydrogen (secondary N) is 1. The Morgan fingerprint density at radius 1 is 1.14 bits per heavy atom. The molecular formula is C22H19ClFN3O. The molecule has 1 aromatic heterocycles. The fourth-order valence-electron chi connectivity index (χ4n) is 3.66. The molecule has 2 heterocycles. The summed E-state index contributed by atoms with van der Waals surface area (Å²) >= 11 is 6.39. The van der Waals surface area contributed by atoms with E-state index in [1.807, 2.05) is 48.5 Å². The summed E-state index contributed by atoms with van der Waals surface area (Å²) in [5.41, 5.74) is 8.69. The van der Waals surface area contributed by atoms with Gasteiger partial charge in [0.25, 0.3) is 0 Å². The van der Waals surface area contributed by atoms with E-state index in [4.69, 9.17) is 22.1 Å². The first-order valence-corrected chi connectivity index (χ1v) is 9.19. The van der Waals surface area contributed by atoms with Crippen molar-refractivity contribution in [3.8, 4) is 16.9 Å². The maximum Gasteiger partial charge on any atom is 0.220 e. The van der Waals surface area contributed by atoms with Gasteiger partial charge in [0.1, 0.15) is 5.75 Å². The number of aromatic nitrogens is 1. The molecule has 0 saturated heterocycles. The minimum Gasteiger partial charge on any atom is -0.495 e. The molecule has 28 heavy (non-hydrogen) atoms. The monoisotopic (exact) mass is 395 g/mol. The predicted octanol–water partition coefficient (Wildman–Crippen LogP) is 4.24. The SMILES string of the molecule is COc1ccc(C2(c3cccc(-c4cccnc4F)c3)C=C(N)NC2)cc1Cl. The third kappa shape index (κ3) is 3.08. The van der Waals surface area contributed by atoms with Gasteiger partial charge in [0.15, 0.2) is 0 Å². The zero-order chi connectivity index (χ0) is 19.7. The molecule has 2 aromatic carbocycles. The Balaban J connectivity index is 1.87. The van der Waals surface area contributed by atoms with Gasteiger partial charge in [-0.15, -0.1) is 0 Å². The van der Waals surface area contributed by atoms with Crippen LogP contribution in [0, 0.1) is 5.95 Å². The van der Waals surface area contributed by atoms with E-state index in [2.05, 4.69) is 10.3 Å². The molecular weight excluding hydrogens is 377 g/mol. The summed E-state index contributed by atoms with van der Waals surface area (Å²) in [6.45, 7) is 0.570. The first-order valence-electron chi connectivity index (χ1n) is 8.81. The lowest BCUT2D eigenvalue weighted by Gasteiger charge is -2.29. The quantitative estimate of drug-likeness (QED) is 0.649. The molecule has 0 saturated carbocycles. The van der Waals surface area contributed by atoms with E-state index >= 15 is 0 Å². The smallest absolute Gasteiger partial charge is 0.220 e. The Bertz CT molecular complexity index is 1070. The van der Waals surface area contributed by atoms with Gasteiger partial charge in [0.2, 0.25) is 5.95 Å². The molecule has 1 unspecified atom stereocenters. The maximum absolute atomic E-state index is 14.2. The zero-order valence-electron chi connectivity index (χ0n) is 15.2. The van der Waals surface area contributed by atoms with Gasteiger partial charge in [-0.3, -0.25) is 0 Å². The highest BCUT2D eigenvalue weighted by molar-refractivity contribution is 6.32. The fourth-order valence-corrected chi connectivity index (χ4v) is 3.91. The van der Waals surface area contributed by atoms with Crippen LogP contribution in [0.4, 0.5) is 4.39 Å². The van der Waals surface area contributed by atoms with E-state index in [1.54, 1.807) is 19.2 Å². The van der Waals surface area contributed by atoms with Crippen molar-refractivity contribution >= 4 is 11.6 Å². The van der Waals surface area contributed by atoms with Crippen LogP contribution in [-0.4, -0.2) is 18.6 Å². The Morgan fingerprint density at radius 2 is 1.96 bits per heavy atom. The highest BCUT2D eigenvalue weighted by atomic mass is 35.5. The standard InChI is InChI=1S/C22H19ClFN3O/c1-28-19-8-7-16(11-18(19)23)22(12-20(25)27-13-22)15-5-2-4-14(10-15)17-6-3-9-26-21(17)24/h2-12,27H,13,25H2,1H3.